The van der Waals surface area contributed by atoms with Gasteiger partial charge in [-0.15, -0.1) is 0 Å². The molecule has 0 amide bonds. The van der Waals surface area contributed by atoms with Gasteiger partial charge in [0.2, 0.25) is 0 Å². The summed E-state index contributed by atoms with van der Waals surface area (Å²) in [5.74, 6) is 0. The van der Waals surface area contributed by atoms with Crippen LogP contribution in [0.1, 0.15) is 18.4 Å². The van der Waals surface area contributed by atoms with Crippen LogP contribution in [0.2, 0.25) is 0 Å². The summed E-state index contributed by atoms with van der Waals surface area (Å²) in [5.41, 5.74) is 7.92. The molecule has 2 saturated heterocycles. The molecular weight excluding hydrogens is 284 g/mol. The van der Waals surface area contributed by atoms with Crippen LogP contribution < -0.4 is 5.73 Å². The lowest BCUT2D eigenvalue weighted by Gasteiger charge is -2.50. The second-order valence-electron chi connectivity index (χ2n) is 7.30. The Kier molecular flexibility index (Phi) is 5.70. The maximum absolute atomic E-state index is 6.21. The van der Waals surface area contributed by atoms with Gasteiger partial charge in [0.05, 0.1) is 0 Å². The minimum Gasteiger partial charge on any atom is -0.329 e. The molecule has 0 bridgehead atoms. The number of nitrogens with zero attached hydrogens (tertiary/aromatic N) is 3. The number of benzene rings is 1. The lowest BCUT2D eigenvalue weighted by molar-refractivity contribution is -0.000948. The molecule has 2 aliphatic rings. The Morgan fingerprint density at radius 2 is 1.61 bits per heavy atom. The molecule has 128 valence electrons. The summed E-state index contributed by atoms with van der Waals surface area (Å²) in [5, 5.41) is 0. The van der Waals surface area contributed by atoms with Gasteiger partial charge in [-0.3, -0.25) is 4.90 Å². The summed E-state index contributed by atoms with van der Waals surface area (Å²) in [7, 11) is 2.22. The molecule has 0 unspecified atom stereocenters. The minimum atomic E-state index is 0.262. The molecule has 0 aromatic heterocycles. The fourth-order valence-electron chi connectivity index (χ4n) is 4.06. The summed E-state index contributed by atoms with van der Waals surface area (Å²) in [6.07, 6.45) is 3.61. The van der Waals surface area contributed by atoms with Crippen LogP contribution in [0.25, 0.3) is 0 Å². The molecule has 3 rings (SSSR count). The van der Waals surface area contributed by atoms with Gasteiger partial charge in [0.1, 0.15) is 0 Å². The summed E-state index contributed by atoms with van der Waals surface area (Å²) < 4.78 is 0. The monoisotopic (exact) mass is 316 g/mol. The summed E-state index contributed by atoms with van der Waals surface area (Å²) in [6, 6.07) is 10.8. The van der Waals surface area contributed by atoms with E-state index in [1.165, 1.54) is 64.2 Å². The first-order chi connectivity index (χ1) is 11.2. The molecule has 23 heavy (non-hydrogen) atoms. The van der Waals surface area contributed by atoms with Crippen molar-refractivity contribution in [2.24, 2.45) is 5.73 Å². The van der Waals surface area contributed by atoms with Gasteiger partial charge < -0.3 is 15.5 Å². The third kappa shape index (κ3) is 4.13. The predicted octanol–water partition coefficient (Wildman–Crippen LogP) is 1.27. The Labute approximate surface area is 141 Å². The molecule has 0 aliphatic carbocycles. The third-order valence-corrected chi connectivity index (χ3v) is 5.90. The van der Waals surface area contributed by atoms with Crippen LogP contribution >= 0.6 is 0 Å². The zero-order chi connectivity index (χ0) is 16.1. The SMILES string of the molecule is CN1CCC(CN)(N2CCN(CCc3ccccc3)CC2)CC1. The molecule has 2 fully saturated rings. The summed E-state index contributed by atoms with van der Waals surface area (Å²) in [4.78, 5) is 7.74. The van der Waals surface area contributed by atoms with Crippen LogP contribution in [0.5, 0.6) is 0 Å². The molecule has 2 N–H and O–H groups in total. The second-order valence-corrected chi connectivity index (χ2v) is 7.30. The van der Waals surface area contributed by atoms with Crippen molar-refractivity contribution in [2.45, 2.75) is 24.8 Å². The van der Waals surface area contributed by atoms with E-state index in [9.17, 15) is 0 Å². The van der Waals surface area contributed by atoms with E-state index >= 15 is 0 Å². The average Bonchev–Trinajstić information content (AvgIpc) is 2.62. The van der Waals surface area contributed by atoms with Crippen molar-refractivity contribution in [3.05, 3.63) is 35.9 Å². The van der Waals surface area contributed by atoms with Crippen molar-refractivity contribution in [2.75, 3.05) is 59.4 Å². The molecule has 1 aromatic rings. The molecular formula is C19H32N4. The molecule has 2 heterocycles. The third-order valence-electron chi connectivity index (χ3n) is 5.90. The first kappa shape index (κ1) is 16.9. The van der Waals surface area contributed by atoms with E-state index in [2.05, 4.69) is 52.1 Å². The molecule has 1 aromatic carbocycles. The van der Waals surface area contributed by atoms with Gasteiger partial charge in [0, 0.05) is 44.8 Å². The summed E-state index contributed by atoms with van der Waals surface area (Å²) in [6.45, 7) is 9.08. The zero-order valence-electron chi connectivity index (χ0n) is 14.6. The highest BCUT2D eigenvalue weighted by atomic mass is 15.3. The van der Waals surface area contributed by atoms with E-state index in [0.29, 0.717) is 0 Å². The summed E-state index contributed by atoms with van der Waals surface area (Å²) >= 11 is 0. The molecule has 2 aliphatic heterocycles. The fourth-order valence-corrected chi connectivity index (χ4v) is 4.06. The van der Waals surface area contributed by atoms with Crippen LogP contribution in [0.15, 0.2) is 30.3 Å². The Balaban J connectivity index is 1.48. The van der Waals surface area contributed by atoms with Crippen molar-refractivity contribution in [3.63, 3.8) is 0 Å². The van der Waals surface area contributed by atoms with Crippen LogP contribution in [0.4, 0.5) is 0 Å². The van der Waals surface area contributed by atoms with E-state index in [-0.39, 0.29) is 5.54 Å². The van der Waals surface area contributed by atoms with Crippen LogP contribution in [0, 0.1) is 0 Å². The van der Waals surface area contributed by atoms with E-state index in [1.807, 2.05) is 0 Å². The number of likely N-dealkylation sites (tertiary alicyclic amines) is 1. The van der Waals surface area contributed by atoms with E-state index in [1.54, 1.807) is 0 Å². The molecule has 0 saturated carbocycles. The van der Waals surface area contributed by atoms with E-state index < -0.39 is 0 Å². The fraction of sp³-hybridized carbons (Fsp3) is 0.684. The smallest absolute Gasteiger partial charge is 0.0357 e. The number of nitrogens with two attached hydrogens (primary N) is 1. The lowest BCUT2D eigenvalue weighted by atomic mass is 9.85. The van der Waals surface area contributed by atoms with Gasteiger partial charge in [-0.05, 0) is 45.0 Å². The van der Waals surface area contributed by atoms with Crippen molar-refractivity contribution in [1.82, 2.24) is 14.7 Å². The van der Waals surface area contributed by atoms with Gasteiger partial charge in [0.15, 0.2) is 0 Å². The number of piperazine rings is 1. The molecule has 0 radical (unpaired) electrons. The van der Waals surface area contributed by atoms with Gasteiger partial charge in [0.25, 0.3) is 0 Å². The normalized spacial score (nSPS) is 23.9. The standard InChI is InChI=1S/C19H32N4/c1-21-11-8-19(17-20,9-12-21)23-15-13-22(14-16-23)10-7-18-5-3-2-4-6-18/h2-6H,7-17,20H2,1H3. The van der Waals surface area contributed by atoms with Crippen molar-refractivity contribution < 1.29 is 0 Å². The largest absolute Gasteiger partial charge is 0.329 e. The lowest BCUT2D eigenvalue weighted by Crippen LogP contribution is -2.63. The number of hydrogen-bond donors (Lipinski definition) is 1. The van der Waals surface area contributed by atoms with Gasteiger partial charge >= 0.3 is 0 Å². The van der Waals surface area contributed by atoms with Gasteiger partial charge in [-0.25, -0.2) is 0 Å². The Morgan fingerprint density at radius 3 is 2.22 bits per heavy atom. The second kappa shape index (κ2) is 7.75. The average molecular weight is 316 g/mol. The first-order valence-corrected chi connectivity index (χ1v) is 9.12. The van der Waals surface area contributed by atoms with E-state index in [4.69, 9.17) is 5.73 Å². The number of hydrogen-bond acceptors (Lipinski definition) is 4. The number of piperidine rings is 1. The molecule has 4 heteroatoms. The Morgan fingerprint density at radius 1 is 0.957 bits per heavy atom. The van der Waals surface area contributed by atoms with Crippen molar-refractivity contribution in [3.8, 4) is 0 Å². The minimum absolute atomic E-state index is 0.262. The highest BCUT2D eigenvalue weighted by Gasteiger charge is 2.39. The Bertz CT molecular complexity index is 460. The van der Waals surface area contributed by atoms with Crippen LogP contribution in [0.3, 0.4) is 0 Å². The molecule has 0 atom stereocenters. The maximum atomic E-state index is 6.21. The molecule has 4 nitrogen and oxygen atoms in total. The Hall–Kier alpha value is -0.940. The van der Waals surface area contributed by atoms with Crippen LogP contribution in [-0.2, 0) is 6.42 Å². The predicted molar refractivity (Wildman–Crippen MR) is 96.7 cm³/mol. The van der Waals surface area contributed by atoms with E-state index in [0.717, 1.165) is 13.0 Å². The van der Waals surface area contributed by atoms with Crippen molar-refractivity contribution >= 4 is 0 Å². The van der Waals surface area contributed by atoms with Crippen molar-refractivity contribution in [1.29, 1.82) is 0 Å². The van der Waals surface area contributed by atoms with Crippen LogP contribution in [-0.4, -0.2) is 79.6 Å². The van der Waals surface area contributed by atoms with Gasteiger partial charge in [-0.2, -0.15) is 0 Å². The molecule has 0 spiro atoms. The quantitative estimate of drug-likeness (QED) is 0.887. The zero-order valence-corrected chi connectivity index (χ0v) is 14.6. The maximum Gasteiger partial charge on any atom is 0.0357 e. The highest BCUT2D eigenvalue weighted by molar-refractivity contribution is 5.14. The van der Waals surface area contributed by atoms with Gasteiger partial charge in [-0.1, -0.05) is 30.3 Å². The number of rotatable bonds is 5. The highest BCUT2D eigenvalue weighted by Crippen LogP contribution is 2.28. The first-order valence-electron chi connectivity index (χ1n) is 9.12. The topological polar surface area (TPSA) is 35.7 Å².